The monoisotopic (exact) mass is 391 g/mol. The summed E-state index contributed by atoms with van der Waals surface area (Å²) in [5.74, 6) is 0.342. The lowest BCUT2D eigenvalue weighted by molar-refractivity contribution is 0.0953. The summed E-state index contributed by atoms with van der Waals surface area (Å²) in [5.41, 5.74) is 1.29. The smallest absolute Gasteiger partial charge is 0.254 e. The summed E-state index contributed by atoms with van der Waals surface area (Å²) in [6.07, 6.45) is 5.74. The highest BCUT2D eigenvalue weighted by atomic mass is 32.2. The molecule has 2 rings (SSSR count). The van der Waals surface area contributed by atoms with E-state index in [1.807, 2.05) is 11.9 Å². The number of hydrogen-bond donors (Lipinski definition) is 2. The lowest BCUT2D eigenvalue weighted by Gasteiger charge is -2.16. The summed E-state index contributed by atoms with van der Waals surface area (Å²) in [5, 5.41) is 7.86. The van der Waals surface area contributed by atoms with Crippen molar-refractivity contribution in [3.05, 3.63) is 47.8 Å². The van der Waals surface area contributed by atoms with Crippen LogP contribution in [-0.4, -0.2) is 44.4 Å². The van der Waals surface area contributed by atoms with Gasteiger partial charge < -0.3 is 10.2 Å². The number of hydrogen-bond acceptors (Lipinski definition) is 6. The maximum atomic E-state index is 12.2. The van der Waals surface area contributed by atoms with E-state index in [1.54, 1.807) is 12.1 Å². The number of rotatable bonds is 9. The lowest BCUT2D eigenvalue weighted by atomic mass is 10.1. The van der Waals surface area contributed by atoms with Crippen LogP contribution in [0.4, 0.5) is 5.95 Å². The van der Waals surface area contributed by atoms with Gasteiger partial charge in [-0.2, -0.15) is 0 Å². The van der Waals surface area contributed by atoms with E-state index in [9.17, 15) is 13.2 Å². The SMILES string of the molecule is CCCCN(C)c1ncc(C(=O)NCCc2ccc(S(N)(=O)=O)cc2)cn1. The number of anilines is 1. The molecule has 0 radical (unpaired) electrons. The summed E-state index contributed by atoms with van der Waals surface area (Å²) in [6, 6.07) is 6.26. The summed E-state index contributed by atoms with van der Waals surface area (Å²) in [4.78, 5) is 22.7. The number of nitrogens with zero attached hydrogens (tertiary/aromatic N) is 3. The second kappa shape index (κ2) is 9.43. The molecule has 1 aromatic heterocycles. The predicted molar refractivity (Wildman–Crippen MR) is 104 cm³/mol. The fourth-order valence-electron chi connectivity index (χ4n) is 2.40. The number of carbonyl (C=O) groups excluding carboxylic acids is 1. The van der Waals surface area contributed by atoms with Crippen molar-refractivity contribution in [1.82, 2.24) is 15.3 Å². The van der Waals surface area contributed by atoms with Crippen molar-refractivity contribution in [1.29, 1.82) is 0 Å². The van der Waals surface area contributed by atoms with Crippen LogP contribution in [0.25, 0.3) is 0 Å². The molecule has 2 aromatic rings. The maximum Gasteiger partial charge on any atom is 0.254 e. The molecule has 1 amide bonds. The minimum absolute atomic E-state index is 0.0661. The van der Waals surface area contributed by atoms with Gasteiger partial charge in [0.2, 0.25) is 16.0 Å². The second-order valence-corrected chi connectivity index (χ2v) is 7.80. The van der Waals surface area contributed by atoms with Gasteiger partial charge in [-0.1, -0.05) is 25.5 Å². The minimum atomic E-state index is -3.69. The lowest BCUT2D eigenvalue weighted by Crippen LogP contribution is -2.26. The zero-order valence-corrected chi connectivity index (χ0v) is 16.4. The van der Waals surface area contributed by atoms with Gasteiger partial charge in [-0.15, -0.1) is 0 Å². The average Bonchev–Trinajstić information content (AvgIpc) is 2.66. The van der Waals surface area contributed by atoms with E-state index >= 15 is 0 Å². The van der Waals surface area contributed by atoms with Crippen molar-refractivity contribution in [2.75, 3.05) is 25.0 Å². The van der Waals surface area contributed by atoms with Gasteiger partial charge in [-0.05, 0) is 30.5 Å². The Morgan fingerprint density at radius 2 is 1.81 bits per heavy atom. The van der Waals surface area contributed by atoms with Gasteiger partial charge in [0.05, 0.1) is 10.5 Å². The van der Waals surface area contributed by atoms with Gasteiger partial charge in [0.1, 0.15) is 0 Å². The summed E-state index contributed by atoms with van der Waals surface area (Å²) in [6.45, 7) is 3.40. The molecule has 0 aliphatic rings. The summed E-state index contributed by atoms with van der Waals surface area (Å²) in [7, 11) is -1.77. The van der Waals surface area contributed by atoms with Crippen molar-refractivity contribution >= 4 is 21.9 Å². The Kier molecular flexibility index (Phi) is 7.26. The summed E-state index contributed by atoms with van der Waals surface area (Å²) >= 11 is 0. The molecule has 146 valence electrons. The molecule has 1 aromatic carbocycles. The number of nitrogens with one attached hydrogen (secondary N) is 1. The van der Waals surface area contributed by atoms with E-state index in [0.717, 1.165) is 24.9 Å². The number of nitrogens with two attached hydrogens (primary N) is 1. The Morgan fingerprint density at radius 1 is 1.19 bits per heavy atom. The number of amides is 1. The third-order valence-electron chi connectivity index (χ3n) is 4.04. The zero-order valence-electron chi connectivity index (χ0n) is 15.6. The van der Waals surface area contributed by atoms with Gasteiger partial charge in [0, 0.05) is 32.5 Å². The van der Waals surface area contributed by atoms with E-state index in [1.165, 1.54) is 24.5 Å². The minimum Gasteiger partial charge on any atom is -0.352 e. The number of carbonyl (C=O) groups is 1. The van der Waals surface area contributed by atoms with Crippen LogP contribution in [0.1, 0.15) is 35.7 Å². The Bertz CT molecular complexity index is 852. The highest BCUT2D eigenvalue weighted by molar-refractivity contribution is 7.89. The van der Waals surface area contributed by atoms with Crippen molar-refractivity contribution < 1.29 is 13.2 Å². The number of aromatic nitrogens is 2. The van der Waals surface area contributed by atoms with Gasteiger partial charge in [-0.25, -0.2) is 23.5 Å². The van der Waals surface area contributed by atoms with Crippen LogP contribution in [0.2, 0.25) is 0 Å². The van der Waals surface area contributed by atoms with Crippen molar-refractivity contribution in [3.63, 3.8) is 0 Å². The Morgan fingerprint density at radius 3 is 2.37 bits per heavy atom. The molecule has 27 heavy (non-hydrogen) atoms. The average molecular weight is 391 g/mol. The van der Waals surface area contributed by atoms with E-state index in [-0.39, 0.29) is 10.8 Å². The summed E-state index contributed by atoms with van der Waals surface area (Å²) < 4.78 is 22.5. The first-order chi connectivity index (χ1) is 12.8. The molecule has 0 unspecified atom stereocenters. The van der Waals surface area contributed by atoms with Crippen LogP contribution < -0.4 is 15.4 Å². The fourth-order valence-corrected chi connectivity index (χ4v) is 2.91. The predicted octanol–water partition coefficient (Wildman–Crippen LogP) is 1.33. The second-order valence-electron chi connectivity index (χ2n) is 6.24. The topological polar surface area (TPSA) is 118 Å². The number of benzene rings is 1. The molecular formula is C18H25N5O3S. The first-order valence-electron chi connectivity index (χ1n) is 8.74. The third kappa shape index (κ3) is 6.30. The van der Waals surface area contributed by atoms with E-state index in [0.29, 0.717) is 24.5 Å². The molecule has 0 aliphatic heterocycles. The molecule has 0 saturated heterocycles. The van der Waals surface area contributed by atoms with Gasteiger partial charge >= 0.3 is 0 Å². The number of sulfonamides is 1. The highest BCUT2D eigenvalue weighted by Crippen LogP contribution is 2.09. The van der Waals surface area contributed by atoms with Crippen molar-refractivity contribution in [2.45, 2.75) is 31.1 Å². The van der Waals surface area contributed by atoms with Crippen molar-refractivity contribution in [2.24, 2.45) is 5.14 Å². The Balaban J connectivity index is 1.85. The molecule has 0 atom stereocenters. The quantitative estimate of drug-likeness (QED) is 0.666. The molecule has 3 N–H and O–H groups in total. The standard InChI is InChI=1S/C18H25N5O3S/c1-3-4-11-23(2)18-21-12-15(13-22-18)17(24)20-10-9-14-5-7-16(8-6-14)27(19,25)26/h5-8,12-13H,3-4,9-11H2,1-2H3,(H,20,24)(H2,19,25,26). The molecule has 0 aliphatic carbocycles. The third-order valence-corrected chi connectivity index (χ3v) is 4.97. The van der Waals surface area contributed by atoms with Crippen LogP contribution in [0.15, 0.2) is 41.6 Å². The molecule has 0 fully saturated rings. The van der Waals surface area contributed by atoms with Crippen LogP contribution in [0.5, 0.6) is 0 Å². The van der Waals surface area contributed by atoms with E-state index in [2.05, 4.69) is 22.2 Å². The zero-order chi connectivity index (χ0) is 19.9. The fraction of sp³-hybridized carbons (Fsp3) is 0.389. The molecule has 1 heterocycles. The van der Waals surface area contributed by atoms with Crippen LogP contribution in [-0.2, 0) is 16.4 Å². The maximum absolute atomic E-state index is 12.2. The first-order valence-corrected chi connectivity index (χ1v) is 10.3. The normalized spacial score (nSPS) is 11.2. The Labute approximate surface area is 159 Å². The van der Waals surface area contributed by atoms with Crippen molar-refractivity contribution in [3.8, 4) is 0 Å². The first kappa shape index (κ1) is 20.8. The van der Waals surface area contributed by atoms with E-state index in [4.69, 9.17) is 5.14 Å². The molecule has 0 spiro atoms. The van der Waals surface area contributed by atoms with Crippen LogP contribution >= 0.6 is 0 Å². The van der Waals surface area contributed by atoms with E-state index < -0.39 is 10.0 Å². The van der Waals surface area contributed by atoms with Crippen LogP contribution in [0.3, 0.4) is 0 Å². The molecule has 9 heteroatoms. The number of unbranched alkanes of at least 4 members (excludes halogenated alkanes) is 1. The van der Waals surface area contributed by atoms with Crippen LogP contribution in [0, 0.1) is 0 Å². The highest BCUT2D eigenvalue weighted by Gasteiger charge is 2.10. The molecular weight excluding hydrogens is 366 g/mol. The van der Waals surface area contributed by atoms with Gasteiger partial charge in [0.15, 0.2) is 0 Å². The molecule has 0 bridgehead atoms. The molecule has 8 nitrogen and oxygen atoms in total. The molecule has 0 saturated carbocycles. The number of primary sulfonamides is 1. The van der Waals surface area contributed by atoms with Gasteiger partial charge in [-0.3, -0.25) is 4.79 Å². The van der Waals surface area contributed by atoms with Gasteiger partial charge in [0.25, 0.3) is 5.91 Å². The largest absolute Gasteiger partial charge is 0.352 e. The Hall–Kier alpha value is -2.52.